The number of carbonyl (C=O) groups excluding carboxylic acids is 1. The number of Topliss-reactive ketones (excluding diaryl/α,β-unsaturated/α-hetero) is 1. The van der Waals surface area contributed by atoms with E-state index >= 15 is 0 Å². The Bertz CT molecular complexity index is 557. The van der Waals surface area contributed by atoms with E-state index in [2.05, 4.69) is 0 Å². The van der Waals surface area contributed by atoms with Crippen LogP contribution in [0.4, 0.5) is 0 Å². The summed E-state index contributed by atoms with van der Waals surface area (Å²) in [6, 6.07) is 4.95. The minimum Gasteiger partial charge on any atom is -0.502 e. The Labute approximate surface area is 118 Å². The van der Waals surface area contributed by atoms with Crippen LogP contribution in [-0.2, 0) is 4.79 Å². The van der Waals surface area contributed by atoms with Crippen molar-refractivity contribution in [2.75, 3.05) is 14.2 Å². The average Bonchev–Trinajstić information content (AvgIpc) is 2.45. The highest BCUT2D eigenvalue weighted by molar-refractivity contribution is 6.04. The highest BCUT2D eigenvalue weighted by Crippen LogP contribution is 2.37. The molecule has 106 valence electrons. The van der Waals surface area contributed by atoms with E-state index in [1.165, 1.54) is 32.4 Å². The molecule has 0 saturated carbocycles. The lowest BCUT2D eigenvalue weighted by atomic mass is 9.99. The third-order valence-electron chi connectivity index (χ3n) is 2.72. The molecular weight excluding hydrogens is 258 g/mol. The van der Waals surface area contributed by atoms with Gasteiger partial charge in [0.2, 0.25) is 5.75 Å². The van der Waals surface area contributed by atoms with E-state index < -0.39 is 0 Å². The summed E-state index contributed by atoms with van der Waals surface area (Å²) in [4.78, 5) is 11.9. The van der Waals surface area contributed by atoms with Gasteiger partial charge in [0, 0.05) is 5.92 Å². The molecule has 1 N–H and O–H groups in total. The number of hydrogen-bond acceptors (Lipinski definition) is 5. The fourth-order valence-electron chi connectivity index (χ4n) is 1.63. The van der Waals surface area contributed by atoms with Crippen LogP contribution >= 0.6 is 0 Å². The first-order valence-corrected chi connectivity index (χ1v) is 6.05. The third-order valence-corrected chi connectivity index (χ3v) is 2.72. The Kier molecular flexibility index (Phi) is 5.15. The molecule has 20 heavy (non-hydrogen) atoms. The topological polar surface area (TPSA) is 79.5 Å². The Morgan fingerprint density at radius 3 is 2.15 bits per heavy atom. The zero-order valence-electron chi connectivity index (χ0n) is 11.9. The van der Waals surface area contributed by atoms with Gasteiger partial charge in [0.25, 0.3) is 0 Å². The number of rotatable bonds is 5. The van der Waals surface area contributed by atoms with Crippen molar-refractivity contribution in [3.8, 4) is 23.3 Å². The summed E-state index contributed by atoms with van der Waals surface area (Å²) in [7, 11) is 2.82. The van der Waals surface area contributed by atoms with Crippen LogP contribution in [-0.4, -0.2) is 25.1 Å². The summed E-state index contributed by atoms with van der Waals surface area (Å²) in [6.07, 6.45) is 1.45. The number of nitriles is 1. The molecule has 0 saturated heterocycles. The van der Waals surface area contributed by atoms with Gasteiger partial charge in [-0.05, 0) is 23.8 Å². The molecule has 0 aromatic heterocycles. The number of methoxy groups -OCH3 is 2. The van der Waals surface area contributed by atoms with E-state index in [9.17, 15) is 9.90 Å². The highest BCUT2D eigenvalue weighted by Gasteiger charge is 2.15. The third kappa shape index (κ3) is 3.29. The molecule has 5 nitrogen and oxygen atoms in total. The molecule has 0 unspecified atom stereocenters. The average molecular weight is 275 g/mol. The van der Waals surface area contributed by atoms with Gasteiger partial charge in [0.15, 0.2) is 17.3 Å². The maximum Gasteiger partial charge on any atom is 0.200 e. The number of nitrogens with zero attached hydrogens (tertiary/aromatic N) is 1. The van der Waals surface area contributed by atoms with Crippen molar-refractivity contribution in [1.29, 1.82) is 5.26 Å². The number of ether oxygens (including phenoxy) is 2. The van der Waals surface area contributed by atoms with E-state index in [-0.39, 0.29) is 34.5 Å². The van der Waals surface area contributed by atoms with Crippen molar-refractivity contribution in [2.45, 2.75) is 13.8 Å². The van der Waals surface area contributed by atoms with Gasteiger partial charge < -0.3 is 14.6 Å². The predicted molar refractivity (Wildman–Crippen MR) is 74.6 cm³/mol. The summed E-state index contributed by atoms with van der Waals surface area (Å²) < 4.78 is 10.0. The summed E-state index contributed by atoms with van der Waals surface area (Å²) in [5.41, 5.74) is 0.594. The fourth-order valence-corrected chi connectivity index (χ4v) is 1.63. The zero-order valence-corrected chi connectivity index (χ0v) is 11.9. The van der Waals surface area contributed by atoms with Crippen molar-refractivity contribution in [3.05, 3.63) is 23.3 Å². The van der Waals surface area contributed by atoms with Gasteiger partial charge in [-0.1, -0.05) is 13.8 Å². The Morgan fingerprint density at radius 1 is 1.30 bits per heavy atom. The standard InChI is InChI=1S/C15H17NO4/c1-9(2)14(17)11(8-16)5-10-6-12(19-3)15(18)13(7-10)20-4/h5-7,9,18H,1-4H3/b11-5-. The molecular formula is C15H17NO4. The minimum absolute atomic E-state index is 0.0507. The molecule has 1 aromatic carbocycles. The quantitative estimate of drug-likeness (QED) is 0.659. The lowest BCUT2D eigenvalue weighted by molar-refractivity contribution is -0.117. The SMILES string of the molecule is COc1cc(/C=C(/C#N)C(=O)C(C)C)cc(OC)c1O. The lowest BCUT2D eigenvalue weighted by Crippen LogP contribution is -2.08. The predicted octanol–water partition coefficient (Wildman–Crippen LogP) is 2.54. The van der Waals surface area contributed by atoms with Crippen LogP contribution in [0.2, 0.25) is 0 Å². The molecule has 0 aliphatic carbocycles. The summed E-state index contributed by atoms with van der Waals surface area (Å²) in [5.74, 6) is -0.198. The van der Waals surface area contributed by atoms with E-state index in [1.807, 2.05) is 6.07 Å². The number of carbonyl (C=O) groups is 1. The second kappa shape index (κ2) is 6.62. The summed E-state index contributed by atoms with van der Waals surface area (Å²) >= 11 is 0. The highest BCUT2D eigenvalue weighted by atomic mass is 16.5. The number of aromatic hydroxyl groups is 1. The maximum absolute atomic E-state index is 11.9. The first kappa shape index (κ1) is 15.6. The molecule has 0 heterocycles. The fraction of sp³-hybridized carbons (Fsp3) is 0.333. The monoisotopic (exact) mass is 275 g/mol. The van der Waals surface area contributed by atoms with Crippen LogP contribution in [0.5, 0.6) is 17.2 Å². The number of hydrogen-bond donors (Lipinski definition) is 1. The van der Waals surface area contributed by atoms with Crippen molar-refractivity contribution in [1.82, 2.24) is 0 Å². The van der Waals surface area contributed by atoms with E-state index in [0.717, 1.165) is 0 Å². The van der Waals surface area contributed by atoms with Gasteiger partial charge in [-0.2, -0.15) is 5.26 Å². The second-order valence-corrected chi connectivity index (χ2v) is 4.46. The molecule has 0 amide bonds. The van der Waals surface area contributed by atoms with Gasteiger partial charge >= 0.3 is 0 Å². The van der Waals surface area contributed by atoms with Crippen molar-refractivity contribution in [3.63, 3.8) is 0 Å². The Morgan fingerprint density at radius 2 is 1.80 bits per heavy atom. The number of benzene rings is 1. The van der Waals surface area contributed by atoms with E-state index in [4.69, 9.17) is 14.7 Å². The van der Waals surface area contributed by atoms with E-state index in [1.54, 1.807) is 13.8 Å². The molecule has 5 heteroatoms. The van der Waals surface area contributed by atoms with Crippen LogP contribution in [0.3, 0.4) is 0 Å². The lowest BCUT2D eigenvalue weighted by Gasteiger charge is -2.10. The zero-order chi connectivity index (χ0) is 15.3. The van der Waals surface area contributed by atoms with Gasteiger partial charge in [-0.15, -0.1) is 0 Å². The first-order valence-electron chi connectivity index (χ1n) is 6.05. The number of phenolic OH excluding ortho intramolecular Hbond substituents is 1. The van der Waals surface area contributed by atoms with Gasteiger partial charge in [-0.3, -0.25) is 4.79 Å². The molecule has 1 rings (SSSR count). The van der Waals surface area contributed by atoms with Crippen LogP contribution in [0.15, 0.2) is 17.7 Å². The molecule has 0 radical (unpaired) electrons. The largest absolute Gasteiger partial charge is 0.502 e. The molecule has 0 fully saturated rings. The number of phenols is 1. The first-order chi connectivity index (χ1) is 9.44. The maximum atomic E-state index is 11.9. The Hall–Kier alpha value is -2.48. The molecule has 1 aromatic rings. The molecule has 0 spiro atoms. The van der Waals surface area contributed by atoms with Crippen molar-refractivity contribution >= 4 is 11.9 Å². The molecule has 0 aliphatic heterocycles. The number of allylic oxidation sites excluding steroid dienone is 1. The molecule has 0 aliphatic rings. The minimum atomic E-state index is -0.262. The van der Waals surface area contributed by atoms with Gasteiger partial charge in [0.05, 0.1) is 19.8 Å². The van der Waals surface area contributed by atoms with Crippen LogP contribution in [0, 0.1) is 17.2 Å². The van der Waals surface area contributed by atoms with Crippen molar-refractivity contribution < 1.29 is 19.4 Å². The van der Waals surface area contributed by atoms with Crippen LogP contribution < -0.4 is 9.47 Å². The van der Waals surface area contributed by atoms with Crippen molar-refractivity contribution in [2.24, 2.45) is 5.92 Å². The molecule has 0 bridgehead atoms. The number of ketones is 1. The van der Waals surface area contributed by atoms with Crippen LogP contribution in [0.1, 0.15) is 19.4 Å². The summed E-state index contributed by atoms with van der Waals surface area (Å²) in [6.45, 7) is 3.46. The molecule has 0 atom stereocenters. The van der Waals surface area contributed by atoms with E-state index in [0.29, 0.717) is 5.56 Å². The smallest absolute Gasteiger partial charge is 0.200 e. The van der Waals surface area contributed by atoms with Crippen LogP contribution in [0.25, 0.3) is 6.08 Å². The van der Waals surface area contributed by atoms with Gasteiger partial charge in [-0.25, -0.2) is 0 Å². The van der Waals surface area contributed by atoms with Gasteiger partial charge in [0.1, 0.15) is 6.07 Å². The Balaban J connectivity index is 3.33. The summed E-state index contributed by atoms with van der Waals surface area (Å²) in [5, 5.41) is 18.9. The second-order valence-electron chi connectivity index (χ2n) is 4.46. The normalized spacial score (nSPS) is 11.1.